The van der Waals surface area contributed by atoms with E-state index >= 15 is 0 Å². The zero-order chi connectivity index (χ0) is 20.5. The van der Waals surface area contributed by atoms with Crippen LogP contribution in [0.25, 0.3) is 0 Å². The van der Waals surface area contributed by atoms with Crippen LogP contribution in [0, 0.1) is 24.7 Å². The molecule has 4 atom stereocenters. The van der Waals surface area contributed by atoms with Crippen molar-refractivity contribution in [1.82, 2.24) is 10.2 Å². The molecule has 3 aliphatic rings. The summed E-state index contributed by atoms with van der Waals surface area (Å²) in [7, 11) is 0. The maximum Gasteiger partial charge on any atom is 0.253 e. The molecule has 29 heavy (non-hydrogen) atoms. The lowest BCUT2D eigenvalue weighted by Gasteiger charge is -2.35. The molecule has 4 unspecified atom stereocenters. The highest BCUT2D eigenvalue weighted by Crippen LogP contribution is 2.33. The van der Waals surface area contributed by atoms with Crippen molar-refractivity contribution in [1.29, 1.82) is 0 Å². The number of likely N-dealkylation sites (tertiary alicyclic amines) is 1. The van der Waals surface area contributed by atoms with Crippen LogP contribution in [-0.4, -0.2) is 41.9 Å². The molecule has 0 aliphatic carbocycles. The van der Waals surface area contributed by atoms with Crippen LogP contribution in [0.5, 0.6) is 0 Å². The number of aryl methyl sites for hydroxylation is 1. The van der Waals surface area contributed by atoms with Crippen molar-refractivity contribution in [2.75, 3.05) is 18.4 Å². The van der Waals surface area contributed by atoms with Crippen molar-refractivity contribution in [2.24, 2.45) is 17.8 Å². The number of anilines is 1. The topological polar surface area (TPSA) is 61.4 Å². The maximum atomic E-state index is 13.0. The summed E-state index contributed by atoms with van der Waals surface area (Å²) in [4.78, 5) is 27.7. The number of amides is 2. The van der Waals surface area contributed by atoms with Crippen molar-refractivity contribution < 1.29 is 9.59 Å². The highest BCUT2D eigenvalue weighted by molar-refractivity contribution is 5.98. The number of nitrogens with zero attached hydrogens (tertiary/aromatic N) is 1. The van der Waals surface area contributed by atoms with E-state index in [0.29, 0.717) is 41.8 Å². The minimum atomic E-state index is 0.0733. The van der Waals surface area contributed by atoms with Crippen LogP contribution >= 0.6 is 0 Å². The average molecular weight is 398 g/mol. The van der Waals surface area contributed by atoms with Gasteiger partial charge in [-0.25, -0.2) is 0 Å². The molecular weight excluding hydrogens is 362 g/mol. The van der Waals surface area contributed by atoms with Crippen molar-refractivity contribution in [3.8, 4) is 0 Å². The smallest absolute Gasteiger partial charge is 0.253 e. The SMILES string of the molecule is Cc1ccc(C(=O)N2CC(C)CC(C)C2)cc1NC(=O)CC1CC2CCC(C1)N2. The Balaban J connectivity index is 1.40. The van der Waals surface area contributed by atoms with Gasteiger partial charge in [0.1, 0.15) is 0 Å². The highest BCUT2D eigenvalue weighted by Gasteiger charge is 2.34. The van der Waals surface area contributed by atoms with E-state index in [2.05, 4.69) is 24.5 Å². The molecule has 2 N–H and O–H groups in total. The molecule has 0 saturated carbocycles. The first-order chi connectivity index (χ1) is 13.9. The second kappa shape index (κ2) is 8.47. The number of carbonyl (C=O) groups excluding carboxylic acids is 2. The van der Waals surface area contributed by atoms with Gasteiger partial charge in [-0.1, -0.05) is 19.9 Å². The summed E-state index contributed by atoms with van der Waals surface area (Å²) in [5.74, 6) is 1.69. The van der Waals surface area contributed by atoms with Gasteiger partial charge in [0.25, 0.3) is 5.91 Å². The van der Waals surface area contributed by atoms with Gasteiger partial charge in [-0.2, -0.15) is 0 Å². The van der Waals surface area contributed by atoms with Crippen LogP contribution in [0.4, 0.5) is 5.69 Å². The first-order valence-corrected chi connectivity index (χ1v) is 11.3. The summed E-state index contributed by atoms with van der Waals surface area (Å²) >= 11 is 0. The number of fused-ring (bicyclic) bond motifs is 2. The monoisotopic (exact) mass is 397 g/mol. The summed E-state index contributed by atoms with van der Waals surface area (Å²) in [6, 6.07) is 6.91. The third-order valence-electron chi connectivity index (χ3n) is 6.96. The van der Waals surface area contributed by atoms with E-state index in [4.69, 9.17) is 0 Å². The van der Waals surface area contributed by atoms with E-state index in [-0.39, 0.29) is 11.8 Å². The first-order valence-electron chi connectivity index (χ1n) is 11.3. The van der Waals surface area contributed by atoms with Crippen LogP contribution < -0.4 is 10.6 Å². The lowest BCUT2D eigenvalue weighted by molar-refractivity contribution is -0.117. The molecule has 2 amide bonds. The molecule has 2 bridgehead atoms. The average Bonchev–Trinajstić information content (AvgIpc) is 3.00. The fourth-order valence-corrected chi connectivity index (χ4v) is 5.71. The number of nitrogens with one attached hydrogen (secondary N) is 2. The molecule has 1 aromatic rings. The van der Waals surface area contributed by atoms with Gasteiger partial charge in [0, 0.05) is 42.8 Å². The van der Waals surface area contributed by atoms with Crippen LogP contribution in [0.15, 0.2) is 18.2 Å². The van der Waals surface area contributed by atoms with Crippen LogP contribution in [-0.2, 0) is 4.79 Å². The Hall–Kier alpha value is -1.88. The van der Waals surface area contributed by atoms with Gasteiger partial charge in [0.15, 0.2) is 0 Å². The number of piperidine rings is 2. The molecule has 0 spiro atoms. The molecule has 1 aromatic carbocycles. The van der Waals surface area contributed by atoms with E-state index in [0.717, 1.165) is 37.2 Å². The van der Waals surface area contributed by atoms with Crippen molar-refractivity contribution in [3.05, 3.63) is 29.3 Å². The van der Waals surface area contributed by atoms with Crippen molar-refractivity contribution >= 4 is 17.5 Å². The lowest BCUT2D eigenvalue weighted by atomic mass is 9.89. The number of benzene rings is 1. The molecule has 0 aromatic heterocycles. The Morgan fingerprint density at radius 2 is 1.72 bits per heavy atom. The van der Waals surface area contributed by atoms with Crippen LogP contribution in [0.1, 0.15) is 68.3 Å². The van der Waals surface area contributed by atoms with Crippen LogP contribution in [0.2, 0.25) is 0 Å². The zero-order valence-electron chi connectivity index (χ0n) is 18.0. The van der Waals surface area contributed by atoms with Crippen LogP contribution in [0.3, 0.4) is 0 Å². The highest BCUT2D eigenvalue weighted by atomic mass is 16.2. The van der Waals surface area contributed by atoms with Gasteiger partial charge in [-0.05, 0) is 74.5 Å². The molecular formula is C24H35N3O2. The standard InChI is InChI=1S/C24H35N3O2/c1-15-8-16(2)14-27(13-15)24(29)19-5-4-17(3)22(12-19)26-23(28)11-18-9-20-6-7-21(10-18)25-20/h4-5,12,15-16,18,20-21,25H,6-11,13-14H2,1-3H3,(H,26,28). The fourth-order valence-electron chi connectivity index (χ4n) is 5.71. The summed E-state index contributed by atoms with van der Waals surface area (Å²) < 4.78 is 0. The molecule has 3 heterocycles. The number of rotatable bonds is 4. The van der Waals surface area contributed by atoms with Gasteiger partial charge < -0.3 is 15.5 Å². The fraction of sp³-hybridized carbons (Fsp3) is 0.667. The normalized spacial score (nSPS) is 31.6. The largest absolute Gasteiger partial charge is 0.338 e. The van der Waals surface area contributed by atoms with Gasteiger partial charge in [0.05, 0.1) is 0 Å². The maximum absolute atomic E-state index is 13.0. The minimum absolute atomic E-state index is 0.0733. The third kappa shape index (κ3) is 4.82. The summed E-state index contributed by atoms with van der Waals surface area (Å²) in [6.45, 7) is 8.04. The lowest BCUT2D eigenvalue weighted by Crippen LogP contribution is -2.42. The quantitative estimate of drug-likeness (QED) is 0.808. The number of carbonyl (C=O) groups is 2. The molecule has 3 aliphatic heterocycles. The minimum Gasteiger partial charge on any atom is -0.338 e. The van der Waals surface area contributed by atoms with Gasteiger partial charge >= 0.3 is 0 Å². The van der Waals surface area contributed by atoms with Crippen molar-refractivity contribution in [2.45, 2.75) is 71.4 Å². The summed E-state index contributed by atoms with van der Waals surface area (Å²) in [5, 5.41) is 6.73. The van der Waals surface area contributed by atoms with E-state index in [1.807, 2.05) is 30.0 Å². The van der Waals surface area contributed by atoms with Crippen molar-refractivity contribution in [3.63, 3.8) is 0 Å². The molecule has 4 rings (SSSR count). The summed E-state index contributed by atoms with van der Waals surface area (Å²) in [5.41, 5.74) is 2.45. The number of hydrogen-bond acceptors (Lipinski definition) is 3. The predicted molar refractivity (Wildman–Crippen MR) is 116 cm³/mol. The molecule has 3 fully saturated rings. The van der Waals surface area contributed by atoms with E-state index in [1.165, 1.54) is 19.3 Å². The Kier molecular flexibility index (Phi) is 5.95. The molecule has 158 valence electrons. The second-order valence-corrected chi connectivity index (χ2v) is 9.91. The zero-order valence-corrected chi connectivity index (χ0v) is 18.0. The first kappa shape index (κ1) is 20.4. The molecule has 3 saturated heterocycles. The van der Waals surface area contributed by atoms with Gasteiger partial charge in [-0.15, -0.1) is 0 Å². The van der Waals surface area contributed by atoms with Gasteiger partial charge in [0.2, 0.25) is 5.91 Å². The Bertz CT molecular complexity index is 755. The molecule has 0 radical (unpaired) electrons. The molecule has 5 heteroatoms. The predicted octanol–water partition coefficient (Wildman–Crippen LogP) is 3.97. The van der Waals surface area contributed by atoms with Gasteiger partial charge in [-0.3, -0.25) is 9.59 Å². The van der Waals surface area contributed by atoms with E-state index in [9.17, 15) is 9.59 Å². The Morgan fingerprint density at radius 3 is 2.38 bits per heavy atom. The number of hydrogen-bond donors (Lipinski definition) is 2. The second-order valence-electron chi connectivity index (χ2n) is 9.91. The Labute approximate surface area is 174 Å². The molecule has 5 nitrogen and oxygen atoms in total. The van der Waals surface area contributed by atoms with E-state index < -0.39 is 0 Å². The Morgan fingerprint density at radius 1 is 1.07 bits per heavy atom. The van der Waals surface area contributed by atoms with E-state index in [1.54, 1.807) is 0 Å². The summed E-state index contributed by atoms with van der Waals surface area (Å²) in [6.07, 6.45) is 6.46. The third-order valence-corrected chi connectivity index (χ3v) is 6.96.